The number of nitrogens with zero attached hydrogens (tertiary/aromatic N) is 2. The summed E-state index contributed by atoms with van der Waals surface area (Å²) in [5.41, 5.74) is 0.781. The van der Waals surface area contributed by atoms with Crippen molar-refractivity contribution in [3.63, 3.8) is 0 Å². The highest BCUT2D eigenvalue weighted by Gasteiger charge is 2.21. The maximum Gasteiger partial charge on any atom is 0.259 e. The van der Waals surface area contributed by atoms with E-state index in [1.807, 2.05) is 0 Å². The first-order valence-electron chi connectivity index (χ1n) is 10.4. The molecule has 33 heavy (non-hydrogen) atoms. The molecule has 0 radical (unpaired) electrons. The number of nitrogens with one attached hydrogen (secondary N) is 2. The Morgan fingerprint density at radius 1 is 1.24 bits per heavy atom. The molecule has 7 nitrogen and oxygen atoms in total. The van der Waals surface area contributed by atoms with Crippen LogP contribution in [0.5, 0.6) is 5.75 Å². The number of para-hydroxylation sites is 1. The van der Waals surface area contributed by atoms with Crippen LogP contribution in [-0.4, -0.2) is 33.7 Å². The SMILES string of the molecule is O=C(Nc1c(F)cccc1Cl)c1cnc(Nc2ccc(O)c(F)c2)nc1CCC1CCCO1. The summed E-state index contributed by atoms with van der Waals surface area (Å²) < 4.78 is 33.5. The van der Waals surface area contributed by atoms with Crippen molar-refractivity contribution in [1.29, 1.82) is 0 Å². The second-order valence-electron chi connectivity index (χ2n) is 7.57. The van der Waals surface area contributed by atoms with Gasteiger partial charge in [-0.05, 0) is 49.9 Å². The second kappa shape index (κ2) is 10.1. The lowest BCUT2D eigenvalue weighted by atomic mass is 10.1. The van der Waals surface area contributed by atoms with E-state index in [2.05, 4.69) is 20.6 Å². The summed E-state index contributed by atoms with van der Waals surface area (Å²) in [6, 6.07) is 7.88. The molecule has 10 heteroatoms. The zero-order chi connectivity index (χ0) is 23.4. The minimum atomic E-state index is -0.795. The Morgan fingerprint density at radius 3 is 2.82 bits per heavy atom. The molecule has 3 aromatic rings. The summed E-state index contributed by atoms with van der Waals surface area (Å²) in [4.78, 5) is 21.5. The summed E-state index contributed by atoms with van der Waals surface area (Å²) in [7, 11) is 0. The van der Waals surface area contributed by atoms with Crippen molar-refractivity contribution in [2.45, 2.75) is 31.8 Å². The molecule has 1 aromatic heterocycles. The number of hydrogen-bond donors (Lipinski definition) is 3. The summed E-state index contributed by atoms with van der Waals surface area (Å²) >= 11 is 6.03. The molecule has 0 saturated carbocycles. The highest BCUT2D eigenvalue weighted by atomic mass is 35.5. The average molecular weight is 475 g/mol. The molecule has 1 fully saturated rings. The first kappa shape index (κ1) is 22.9. The van der Waals surface area contributed by atoms with Gasteiger partial charge in [-0.3, -0.25) is 4.79 Å². The van der Waals surface area contributed by atoms with Crippen LogP contribution in [0.2, 0.25) is 5.02 Å². The Labute approximate surface area is 193 Å². The number of ether oxygens (including phenoxy) is 1. The molecule has 172 valence electrons. The zero-order valence-electron chi connectivity index (χ0n) is 17.4. The summed E-state index contributed by atoms with van der Waals surface area (Å²) in [5.74, 6) is -2.39. The van der Waals surface area contributed by atoms with Crippen LogP contribution >= 0.6 is 11.6 Å². The predicted molar refractivity (Wildman–Crippen MR) is 120 cm³/mol. The van der Waals surface area contributed by atoms with E-state index in [0.717, 1.165) is 18.9 Å². The number of carbonyl (C=O) groups excluding carboxylic acids is 1. The van der Waals surface area contributed by atoms with Gasteiger partial charge >= 0.3 is 0 Å². The van der Waals surface area contributed by atoms with Gasteiger partial charge in [-0.15, -0.1) is 0 Å². The number of phenolic OH excluding ortho intramolecular Hbond substituents is 1. The van der Waals surface area contributed by atoms with Crippen LogP contribution in [-0.2, 0) is 11.2 Å². The lowest BCUT2D eigenvalue weighted by Crippen LogP contribution is -2.18. The molecule has 2 heterocycles. The van der Waals surface area contributed by atoms with Crippen LogP contribution in [0.1, 0.15) is 35.3 Å². The van der Waals surface area contributed by atoms with Crippen LogP contribution in [0.3, 0.4) is 0 Å². The summed E-state index contributed by atoms with van der Waals surface area (Å²) in [6.07, 6.45) is 4.35. The third-order valence-electron chi connectivity index (χ3n) is 5.24. The van der Waals surface area contributed by atoms with Crippen LogP contribution in [0.15, 0.2) is 42.6 Å². The van der Waals surface area contributed by atoms with Gasteiger partial charge in [0.05, 0.1) is 28.1 Å². The van der Waals surface area contributed by atoms with E-state index in [1.54, 1.807) is 0 Å². The van der Waals surface area contributed by atoms with Gasteiger partial charge in [0.2, 0.25) is 5.95 Å². The molecular formula is C23H21ClF2N4O3. The highest BCUT2D eigenvalue weighted by Crippen LogP contribution is 2.27. The van der Waals surface area contributed by atoms with Crippen molar-refractivity contribution >= 4 is 34.8 Å². The summed E-state index contributed by atoms with van der Waals surface area (Å²) in [5, 5.41) is 14.8. The monoisotopic (exact) mass is 474 g/mol. The minimum absolute atomic E-state index is 0.0674. The Kier molecular flexibility index (Phi) is 7.00. The number of anilines is 3. The van der Waals surface area contributed by atoms with E-state index in [-0.39, 0.29) is 28.3 Å². The first-order valence-corrected chi connectivity index (χ1v) is 10.8. The predicted octanol–water partition coefficient (Wildman–Crippen LogP) is 5.22. The second-order valence-corrected chi connectivity index (χ2v) is 7.98. The average Bonchev–Trinajstić information content (AvgIpc) is 3.31. The van der Waals surface area contributed by atoms with Crippen molar-refractivity contribution in [3.8, 4) is 5.75 Å². The van der Waals surface area contributed by atoms with Gasteiger partial charge in [0.15, 0.2) is 11.6 Å². The molecule has 0 spiro atoms. The first-order chi connectivity index (χ1) is 15.9. The summed E-state index contributed by atoms with van der Waals surface area (Å²) in [6.45, 7) is 0.701. The van der Waals surface area contributed by atoms with Gasteiger partial charge in [-0.25, -0.2) is 18.7 Å². The Morgan fingerprint density at radius 2 is 2.09 bits per heavy atom. The van der Waals surface area contributed by atoms with Crippen molar-refractivity contribution in [2.75, 3.05) is 17.2 Å². The number of aryl methyl sites for hydroxylation is 1. The maximum atomic E-state index is 14.1. The number of amides is 1. The normalized spacial score (nSPS) is 15.4. The van der Waals surface area contributed by atoms with Crippen molar-refractivity contribution in [1.82, 2.24) is 9.97 Å². The highest BCUT2D eigenvalue weighted by molar-refractivity contribution is 6.34. The number of halogens is 3. The van der Waals surface area contributed by atoms with Gasteiger partial charge in [0.1, 0.15) is 5.82 Å². The third-order valence-corrected chi connectivity index (χ3v) is 5.56. The van der Waals surface area contributed by atoms with Gasteiger partial charge < -0.3 is 20.5 Å². The van der Waals surface area contributed by atoms with E-state index in [4.69, 9.17) is 16.3 Å². The Balaban J connectivity index is 1.60. The molecule has 0 aliphatic carbocycles. The zero-order valence-corrected chi connectivity index (χ0v) is 18.2. The van der Waals surface area contributed by atoms with E-state index < -0.39 is 23.3 Å². The molecule has 4 rings (SSSR count). The van der Waals surface area contributed by atoms with Crippen LogP contribution in [0, 0.1) is 11.6 Å². The lowest BCUT2D eigenvalue weighted by molar-refractivity contribution is 0.101. The fourth-order valence-electron chi connectivity index (χ4n) is 3.54. The van der Waals surface area contributed by atoms with E-state index >= 15 is 0 Å². The van der Waals surface area contributed by atoms with Gasteiger partial charge in [-0.1, -0.05) is 17.7 Å². The largest absolute Gasteiger partial charge is 0.505 e. The van der Waals surface area contributed by atoms with Crippen molar-refractivity contribution in [3.05, 3.63) is 70.5 Å². The van der Waals surface area contributed by atoms with E-state index in [9.17, 15) is 18.7 Å². The molecule has 3 N–H and O–H groups in total. The third kappa shape index (κ3) is 5.55. The van der Waals surface area contributed by atoms with E-state index in [1.165, 1.54) is 36.5 Å². The molecule has 1 saturated heterocycles. The molecule has 1 atom stereocenters. The molecule has 1 aliphatic rings. The Hall–Kier alpha value is -3.30. The minimum Gasteiger partial charge on any atom is -0.505 e. The molecule has 2 aromatic carbocycles. The van der Waals surface area contributed by atoms with Crippen LogP contribution < -0.4 is 10.6 Å². The topological polar surface area (TPSA) is 96.4 Å². The van der Waals surface area contributed by atoms with Crippen molar-refractivity contribution < 1.29 is 23.4 Å². The van der Waals surface area contributed by atoms with Gasteiger partial charge in [0.25, 0.3) is 5.91 Å². The number of carbonyl (C=O) groups is 1. The van der Waals surface area contributed by atoms with Crippen LogP contribution in [0.4, 0.5) is 26.1 Å². The van der Waals surface area contributed by atoms with Crippen molar-refractivity contribution in [2.24, 2.45) is 0 Å². The number of aromatic nitrogens is 2. The number of phenols is 1. The smallest absolute Gasteiger partial charge is 0.259 e. The Bertz CT molecular complexity index is 1150. The molecule has 1 unspecified atom stereocenters. The fourth-order valence-corrected chi connectivity index (χ4v) is 3.75. The quantitative estimate of drug-likeness (QED) is 0.406. The van der Waals surface area contributed by atoms with Crippen LogP contribution in [0.25, 0.3) is 0 Å². The number of hydrogen-bond acceptors (Lipinski definition) is 6. The number of benzene rings is 2. The lowest BCUT2D eigenvalue weighted by Gasteiger charge is -2.14. The van der Waals surface area contributed by atoms with Gasteiger partial charge in [-0.2, -0.15) is 0 Å². The van der Waals surface area contributed by atoms with E-state index in [0.29, 0.717) is 30.8 Å². The molecule has 0 bridgehead atoms. The standard InChI is InChI=1S/C23H21ClF2N4O3/c24-16-4-1-5-17(25)21(16)30-22(32)15-12-27-23(28-13-6-9-20(31)18(26)11-13)29-19(15)8-7-14-3-2-10-33-14/h1,4-6,9,11-12,14,31H,2-3,7-8,10H2,(H,30,32)(H,27,28,29). The fraction of sp³-hybridized carbons (Fsp3) is 0.261. The van der Waals surface area contributed by atoms with Gasteiger partial charge in [0, 0.05) is 24.6 Å². The number of rotatable bonds is 7. The maximum absolute atomic E-state index is 14.1. The molecular weight excluding hydrogens is 454 g/mol. The number of aromatic hydroxyl groups is 1. The molecule has 1 aliphatic heterocycles. The molecule has 1 amide bonds.